The van der Waals surface area contributed by atoms with Crippen molar-refractivity contribution in [3.8, 4) is 0 Å². The summed E-state index contributed by atoms with van der Waals surface area (Å²) in [5.41, 5.74) is 0. The first-order chi connectivity index (χ1) is 9.04. The Kier molecular flexibility index (Phi) is 3.92. The molecule has 1 aliphatic heterocycles. The van der Waals surface area contributed by atoms with Crippen molar-refractivity contribution >= 4 is 17.9 Å². The third kappa shape index (κ3) is 2.97. The Morgan fingerprint density at radius 1 is 1.11 bits per heavy atom. The molecule has 1 saturated heterocycles. The highest BCUT2D eigenvalue weighted by Crippen LogP contribution is 2.40. The molecule has 0 radical (unpaired) electrons. The zero-order valence-electron chi connectivity index (χ0n) is 11.0. The minimum Gasteiger partial charge on any atom is -0.481 e. The van der Waals surface area contributed by atoms with E-state index >= 15 is 0 Å². The van der Waals surface area contributed by atoms with Crippen LogP contribution in [0.4, 0.5) is 4.79 Å². The fourth-order valence-electron chi connectivity index (χ4n) is 2.37. The number of hydrogen-bond acceptors (Lipinski definition) is 3. The molecule has 106 valence electrons. The monoisotopic (exact) mass is 269 g/mol. The van der Waals surface area contributed by atoms with Gasteiger partial charge in [0.1, 0.15) is 0 Å². The lowest BCUT2D eigenvalue weighted by atomic mass is 10.2. The number of hydrogen-bond donors (Lipinski definition) is 2. The average Bonchev–Trinajstić information content (AvgIpc) is 3.19. The van der Waals surface area contributed by atoms with Gasteiger partial charge in [-0.25, -0.2) is 4.79 Å². The highest BCUT2D eigenvalue weighted by atomic mass is 16.4. The Bertz CT molecular complexity index is 390. The second-order valence-electron chi connectivity index (χ2n) is 4.93. The fraction of sp³-hybridized carbons (Fsp3) is 0.750. The van der Waals surface area contributed by atoms with Gasteiger partial charge in [0.05, 0.1) is 11.8 Å². The van der Waals surface area contributed by atoms with Crippen molar-refractivity contribution in [2.75, 3.05) is 32.7 Å². The van der Waals surface area contributed by atoms with Crippen LogP contribution in [0.2, 0.25) is 0 Å². The Hall–Kier alpha value is -1.79. The molecule has 7 heteroatoms. The van der Waals surface area contributed by atoms with Crippen molar-refractivity contribution < 1.29 is 19.5 Å². The zero-order valence-corrected chi connectivity index (χ0v) is 11.0. The van der Waals surface area contributed by atoms with Crippen LogP contribution in [0.3, 0.4) is 0 Å². The first kappa shape index (κ1) is 13.6. The van der Waals surface area contributed by atoms with Crippen molar-refractivity contribution in [3.05, 3.63) is 0 Å². The number of carboxylic acids is 1. The minimum absolute atomic E-state index is 0.0806. The van der Waals surface area contributed by atoms with Gasteiger partial charge >= 0.3 is 12.0 Å². The van der Waals surface area contributed by atoms with Gasteiger partial charge in [-0.1, -0.05) is 0 Å². The summed E-state index contributed by atoms with van der Waals surface area (Å²) < 4.78 is 0. The molecule has 1 heterocycles. The Morgan fingerprint density at radius 3 is 2.16 bits per heavy atom. The summed E-state index contributed by atoms with van der Waals surface area (Å²) in [5.74, 6) is -1.83. The van der Waals surface area contributed by atoms with Gasteiger partial charge < -0.3 is 20.2 Å². The molecule has 0 aromatic rings. The molecule has 0 spiro atoms. The van der Waals surface area contributed by atoms with E-state index in [0.29, 0.717) is 39.1 Å². The van der Waals surface area contributed by atoms with E-state index in [1.807, 2.05) is 6.92 Å². The minimum atomic E-state index is -0.890. The number of amides is 3. The molecule has 2 aliphatic rings. The van der Waals surface area contributed by atoms with Crippen LogP contribution in [-0.4, -0.2) is 65.5 Å². The van der Waals surface area contributed by atoms with Gasteiger partial charge in [0.2, 0.25) is 5.91 Å². The maximum Gasteiger partial charge on any atom is 0.317 e. The van der Waals surface area contributed by atoms with E-state index in [1.165, 1.54) is 0 Å². The number of nitrogens with zero attached hydrogens (tertiary/aromatic N) is 2. The van der Waals surface area contributed by atoms with Gasteiger partial charge in [-0.15, -0.1) is 0 Å². The Morgan fingerprint density at radius 2 is 1.68 bits per heavy atom. The van der Waals surface area contributed by atoms with Crippen LogP contribution >= 0.6 is 0 Å². The smallest absolute Gasteiger partial charge is 0.317 e. The first-order valence-electron chi connectivity index (χ1n) is 6.59. The number of carbonyl (C=O) groups is 3. The van der Waals surface area contributed by atoms with E-state index < -0.39 is 11.9 Å². The van der Waals surface area contributed by atoms with Crippen LogP contribution in [0.5, 0.6) is 0 Å². The second-order valence-corrected chi connectivity index (χ2v) is 4.93. The van der Waals surface area contributed by atoms with Gasteiger partial charge in [-0.2, -0.15) is 0 Å². The molecule has 0 unspecified atom stereocenters. The number of nitrogens with one attached hydrogen (secondary N) is 1. The summed E-state index contributed by atoms with van der Waals surface area (Å²) in [4.78, 5) is 37.7. The normalized spacial score (nSPS) is 25.9. The van der Waals surface area contributed by atoms with Crippen molar-refractivity contribution in [2.24, 2.45) is 11.8 Å². The van der Waals surface area contributed by atoms with Crippen LogP contribution in [-0.2, 0) is 9.59 Å². The molecule has 2 rings (SSSR count). The van der Waals surface area contributed by atoms with Crippen LogP contribution in [0.1, 0.15) is 13.3 Å². The van der Waals surface area contributed by atoms with E-state index in [2.05, 4.69) is 5.32 Å². The number of carbonyl (C=O) groups excluding carboxylic acids is 2. The molecular formula is C12H19N3O4. The maximum atomic E-state index is 12.0. The van der Waals surface area contributed by atoms with E-state index in [1.54, 1.807) is 9.80 Å². The third-order valence-electron chi connectivity index (χ3n) is 3.63. The molecule has 7 nitrogen and oxygen atoms in total. The fourth-order valence-corrected chi connectivity index (χ4v) is 2.37. The van der Waals surface area contributed by atoms with E-state index in [-0.39, 0.29) is 17.9 Å². The zero-order chi connectivity index (χ0) is 14.0. The summed E-state index contributed by atoms with van der Waals surface area (Å²) in [7, 11) is 0. The molecule has 2 fully saturated rings. The molecule has 2 N–H and O–H groups in total. The second kappa shape index (κ2) is 5.46. The molecule has 2 atom stereocenters. The van der Waals surface area contributed by atoms with Gasteiger partial charge in [0.25, 0.3) is 0 Å². The molecule has 19 heavy (non-hydrogen) atoms. The summed E-state index contributed by atoms with van der Waals surface area (Å²) in [5, 5.41) is 11.5. The summed E-state index contributed by atoms with van der Waals surface area (Å²) >= 11 is 0. The van der Waals surface area contributed by atoms with Gasteiger partial charge in [0.15, 0.2) is 0 Å². The quantitative estimate of drug-likeness (QED) is 0.728. The molecule has 0 bridgehead atoms. The highest BCUT2D eigenvalue weighted by molar-refractivity contribution is 5.89. The van der Waals surface area contributed by atoms with E-state index in [4.69, 9.17) is 5.11 Å². The average molecular weight is 269 g/mol. The number of urea groups is 1. The van der Waals surface area contributed by atoms with Crippen molar-refractivity contribution in [1.82, 2.24) is 15.1 Å². The van der Waals surface area contributed by atoms with Crippen molar-refractivity contribution in [3.63, 3.8) is 0 Å². The molecule has 1 aliphatic carbocycles. The summed E-state index contributed by atoms with van der Waals surface area (Å²) in [6, 6.07) is -0.107. The van der Waals surface area contributed by atoms with Crippen LogP contribution < -0.4 is 5.32 Å². The third-order valence-corrected chi connectivity index (χ3v) is 3.63. The van der Waals surface area contributed by atoms with Crippen LogP contribution in [0.25, 0.3) is 0 Å². The largest absolute Gasteiger partial charge is 0.481 e. The Balaban J connectivity index is 1.79. The Labute approximate surface area is 111 Å². The highest BCUT2D eigenvalue weighted by Gasteiger charge is 2.50. The van der Waals surface area contributed by atoms with E-state index in [0.717, 1.165) is 0 Å². The van der Waals surface area contributed by atoms with Crippen molar-refractivity contribution in [2.45, 2.75) is 13.3 Å². The van der Waals surface area contributed by atoms with Gasteiger partial charge in [-0.05, 0) is 13.3 Å². The lowest BCUT2D eigenvalue weighted by Gasteiger charge is -2.34. The SMILES string of the molecule is CCNC(=O)N1CCN(C(=O)[C@@H]2C[C@@H]2C(=O)O)CC1. The molecule has 3 amide bonds. The molecule has 0 aromatic heterocycles. The van der Waals surface area contributed by atoms with Crippen molar-refractivity contribution in [1.29, 1.82) is 0 Å². The number of piperazine rings is 1. The van der Waals surface area contributed by atoms with Gasteiger partial charge in [-0.3, -0.25) is 9.59 Å². The van der Waals surface area contributed by atoms with Crippen LogP contribution in [0.15, 0.2) is 0 Å². The molecular weight excluding hydrogens is 250 g/mol. The maximum absolute atomic E-state index is 12.0. The lowest BCUT2D eigenvalue weighted by Crippen LogP contribution is -2.53. The number of aliphatic carboxylic acids is 1. The first-order valence-corrected chi connectivity index (χ1v) is 6.59. The van der Waals surface area contributed by atoms with Gasteiger partial charge in [0, 0.05) is 32.7 Å². The predicted molar refractivity (Wildman–Crippen MR) is 66.5 cm³/mol. The number of rotatable bonds is 3. The van der Waals surface area contributed by atoms with Crippen LogP contribution in [0, 0.1) is 11.8 Å². The van der Waals surface area contributed by atoms with E-state index in [9.17, 15) is 14.4 Å². The molecule has 1 saturated carbocycles. The molecule has 0 aromatic carbocycles. The predicted octanol–water partition coefficient (Wildman–Crippen LogP) is -0.419. The summed E-state index contributed by atoms with van der Waals surface area (Å²) in [6.45, 7) is 4.42. The summed E-state index contributed by atoms with van der Waals surface area (Å²) in [6.07, 6.45) is 0.449. The standard InChI is InChI=1S/C12H19N3O4/c1-2-13-12(19)15-5-3-14(4-6-15)10(16)8-7-9(8)11(17)18/h8-9H,2-7H2,1H3,(H,13,19)(H,17,18)/t8-,9+/m1/s1. The topological polar surface area (TPSA) is 90.0 Å². The number of carboxylic acid groups (broad SMARTS) is 1. The lowest BCUT2D eigenvalue weighted by molar-refractivity contribution is -0.142.